The van der Waals surface area contributed by atoms with Crippen molar-refractivity contribution < 1.29 is 4.74 Å². The van der Waals surface area contributed by atoms with Crippen LogP contribution in [-0.2, 0) is 4.74 Å². The van der Waals surface area contributed by atoms with E-state index in [1.165, 1.54) is 38.5 Å². The van der Waals surface area contributed by atoms with Crippen LogP contribution in [0.15, 0.2) is 0 Å². The van der Waals surface area contributed by atoms with Crippen molar-refractivity contribution in [3.63, 3.8) is 0 Å². The second-order valence-corrected chi connectivity index (χ2v) is 6.14. The molecule has 1 saturated carbocycles. The van der Waals surface area contributed by atoms with E-state index in [9.17, 15) is 0 Å². The van der Waals surface area contributed by atoms with Gasteiger partial charge in [-0.3, -0.25) is 0 Å². The lowest BCUT2D eigenvalue weighted by atomic mass is 9.97. The lowest BCUT2D eigenvalue weighted by Crippen LogP contribution is -2.43. The monoisotopic (exact) mass is 255 g/mol. The highest BCUT2D eigenvalue weighted by molar-refractivity contribution is 4.90. The summed E-state index contributed by atoms with van der Waals surface area (Å²) in [6, 6.07) is 0.580. The minimum absolute atomic E-state index is 0.466. The minimum atomic E-state index is 0.466. The van der Waals surface area contributed by atoms with Gasteiger partial charge in [-0.25, -0.2) is 0 Å². The van der Waals surface area contributed by atoms with E-state index in [0.29, 0.717) is 12.1 Å². The van der Waals surface area contributed by atoms with Gasteiger partial charge in [0.05, 0.1) is 6.10 Å². The Balaban J connectivity index is 2.40. The maximum Gasteiger partial charge on any atom is 0.0755 e. The smallest absolute Gasteiger partial charge is 0.0755 e. The Morgan fingerprint density at radius 2 is 1.89 bits per heavy atom. The quantitative estimate of drug-likeness (QED) is 0.602. The number of rotatable bonds is 11. The molecule has 18 heavy (non-hydrogen) atoms. The van der Waals surface area contributed by atoms with Gasteiger partial charge in [0.15, 0.2) is 0 Å². The summed E-state index contributed by atoms with van der Waals surface area (Å²) in [7, 11) is 0. The summed E-state index contributed by atoms with van der Waals surface area (Å²) >= 11 is 0. The van der Waals surface area contributed by atoms with Crippen molar-refractivity contribution in [2.75, 3.05) is 13.2 Å². The second kappa shape index (κ2) is 8.92. The zero-order valence-corrected chi connectivity index (χ0v) is 12.9. The van der Waals surface area contributed by atoms with Gasteiger partial charge in [0, 0.05) is 12.6 Å². The van der Waals surface area contributed by atoms with Crippen molar-refractivity contribution >= 4 is 0 Å². The lowest BCUT2D eigenvalue weighted by molar-refractivity contribution is 0.0162. The van der Waals surface area contributed by atoms with E-state index in [1.807, 2.05) is 0 Å². The van der Waals surface area contributed by atoms with Gasteiger partial charge >= 0.3 is 0 Å². The number of hydrogen-bond donors (Lipinski definition) is 1. The SMILES string of the molecule is CCCNC(CCCC(C)C)C(OCC)C1CC1. The number of ether oxygens (including phenoxy) is 1. The summed E-state index contributed by atoms with van der Waals surface area (Å²) in [5, 5.41) is 3.72. The van der Waals surface area contributed by atoms with Crippen molar-refractivity contribution in [2.24, 2.45) is 11.8 Å². The molecule has 0 aliphatic heterocycles. The van der Waals surface area contributed by atoms with Crippen molar-refractivity contribution in [3.05, 3.63) is 0 Å². The first-order valence-electron chi connectivity index (χ1n) is 8.04. The van der Waals surface area contributed by atoms with Crippen LogP contribution in [0.25, 0.3) is 0 Å². The average Bonchev–Trinajstić information content (AvgIpc) is 3.14. The van der Waals surface area contributed by atoms with E-state index in [4.69, 9.17) is 4.74 Å². The normalized spacial score (nSPS) is 19.2. The van der Waals surface area contributed by atoms with E-state index < -0.39 is 0 Å². The Morgan fingerprint density at radius 1 is 1.17 bits per heavy atom. The van der Waals surface area contributed by atoms with E-state index >= 15 is 0 Å². The summed E-state index contributed by atoms with van der Waals surface area (Å²) in [6.07, 6.45) is 8.37. The summed E-state index contributed by atoms with van der Waals surface area (Å²) < 4.78 is 6.02. The van der Waals surface area contributed by atoms with Crippen LogP contribution in [0.5, 0.6) is 0 Å². The van der Waals surface area contributed by atoms with E-state index in [0.717, 1.165) is 25.0 Å². The van der Waals surface area contributed by atoms with Crippen LogP contribution in [-0.4, -0.2) is 25.3 Å². The Kier molecular flexibility index (Phi) is 7.92. The fraction of sp³-hybridized carbons (Fsp3) is 1.00. The molecule has 0 amide bonds. The van der Waals surface area contributed by atoms with Gasteiger partial charge in [-0.1, -0.05) is 33.6 Å². The zero-order chi connectivity index (χ0) is 13.4. The molecular formula is C16H33NO. The number of hydrogen-bond acceptors (Lipinski definition) is 2. The molecular weight excluding hydrogens is 222 g/mol. The molecule has 0 spiro atoms. The Hall–Kier alpha value is -0.0800. The van der Waals surface area contributed by atoms with Crippen LogP contribution >= 0.6 is 0 Å². The van der Waals surface area contributed by atoms with Gasteiger partial charge < -0.3 is 10.1 Å². The third-order valence-corrected chi connectivity index (χ3v) is 3.80. The first-order chi connectivity index (χ1) is 8.69. The predicted octanol–water partition coefficient (Wildman–Crippen LogP) is 4.00. The fourth-order valence-corrected chi connectivity index (χ4v) is 2.66. The van der Waals surface area contributed by atoms with E-state index in [-0.39, 0.29) is 0 Å². The van der Waals surface area contributed by atoms with Crippen LogP contribution in [0.1, 0.15) is 66.2 Å². The molecule has 2 unspecified atom stereocenters. The topological polar surface area (TPSA) is 21.3 Å². The summed E-state index contributed by atoms with van der Waals surface area (Å²) in [4.78, 5) is 0. The maximum absolute atomic E-state index is 6.02. The van der Waals surface area contributed by atoms with Crippen LogP contribution in [0.3, 0.4) is 0 Å². The van der Waals surface area contributed by atoms with Crippen LogP contribution < -0.4 is 5.32 Å². The van der Waals surface area contributed by atoms with Crippen molar-refractivity contribution in [2.45, 2.75) is 78.4 Å². The Morgan fingerprint density at radius 3 is 2.39 bits per heavy atom. The maximum atomic E-state index is 6.02. The first-order valence-corrected chi connectivity index (χ1v) is 8.04. The molecule has 0 bridgehead atoms. The highest BCUT2D eigenvalue weighted by atomic mass is 16.5. The molecule has 1 rings (SSSR count). The average molecular weight is 255 g/mol. The van der Waals surface area contributed by atoms with Gasteiger partial charge in [-0.15, -0.1) is 0 Å². The molecule has 0 aromatic carbocycles. The molecule has 2 heteroatoms. The molecule has 2 atom stereocenters. The van der Waals surface area contributed by atoms with Crippen molar-refractivity contribution in [3.8, 4) is 0 Å². The lowest BCUT2D eigenvalue weighted by Gasteiger charge is -2.28. The molecule has 0 aromatic heterocycles. The van der Waals surface area contributed by atoms with Crippen LogP contribution in [0, 0.1) is 11.8 Å². The molecule has 1 aliphatic rings. The van der Waals surface area contributed by atoms with Crippen molar-refractivity contribution in [1.29, 1.82) is 0 Å². The minimum Gasteiger partial charge on any atom is -0.377 e. The molecule has 1 aliphatic carbocycles. The van der Waals surface area contributed by atoms with E-state index in [1.54, 1.807) is 0 Å². The van der Waals surface area contributed by atoms with Gasteiger partial charge in [-0.05, 0) is 51.0 Å². The largest absolute Gasteiger partial charge is 0.377 e. The zero-order valence-electron chi connectivity index (χ0n) is 12.9. The molecule has 0 heterocycles. The predicted molar refractivity (Wildman–Crippen MR) is 78.9 cm³/mol. The highest BCUT2D eigenvalue weighted by Crippen LogP contribution is 2.36. The standard InChI is InChI=1S/C16H33NO/c1-5-12-17-15(9-7-8-13(3)4)16(18-6-2)14-10-11-14/h13-17H,5-12H2,1-4H3. The van der Waals surface area contributed by atoms with Gasteiger partial charge in [0.1, 0.15) is 0 Å². The summed E-state index contributed by atoms with van der Waals surface area (Å²) in [5.41, 5.74) is 0. The van der Waals surface area contributed by atoms with Gasteiger partial charge in [-0.2, -0.15) is 0 Å². The second-order valence-electron chi connectivity index (χ2n) is 6.14. The number of nitrogens with one attached hydrogen (secondary N) is 1. The van der Waals surface area contributed by atoms with Gasteiger partial charge in [0.25, 0.3) is 0 Å². The third-order valence-electron chi connectivity index (χ3n) is 3.80. The highest BCUT2D eigenvalue weighted by Gasteiger charge is 2.36. The Labute approximate surface area is 114 Å². The van der Waals surface area contributed by atoms with Crippen LogP contribution in [0.2, 0.25) is 0 Å². The molecule has 108 valence electrons. The Bertz CT molecular complexity index is 201. The molecule has 0 radical (unpaired) electrons. The van der Waals surface area contributed by atoms with Gasteiger partial charge in [0.2, 0.25) is 0 Å². The van der Waals surface area contributed by atoms with Crippen LogP contribution in [0.4, 0.5) is 0 Å². The molecule has 2 nitrogen and oxygen atoms in total. The molecule has 0 aromatic rings. The third kappa shape index (κ3) is 6.19. The van der Waals surface area contributed by atoms with E-state index in [2.05, 4.69) is 33.0 Å². The first kappa shape index (κ1) is 16.0. The summed E-state index contributed by atoms with van der Waals surface area (Å²) in [5.74, 6) is 1.65. The molecule has 1 fully saturated rings. The summed E-state index contributed by atoms with van der Waals surface area (Å²) in [6.45, 7) is 11.0. The molecule has 1 N–H and O–H groups in total. The molecule has 0 saturated heterocycles. The fourth-order valence-electron chi connectivity index (χ4n) is 2.66. The van der Waals surface area contributed by atoms with Crippen molar-refractivity contribution in [1.82, 2.24) is 5.32 Å².